The van der Waals surface area contributed by atoms with Crippen molar-refractivity contribution in [1.82, 2.24) is 0 Å². The summed E-state index contributed by atoms with van der Waals surface area (Å²) in [5, 5.41) is 0. The van der Waals surface area contributed by atoms with Crippen LogP contribution in [0.3, 0.4) is 0 Å². The predicted molar refractivity (Wildman–Crippen MR) is 249 cm³/mol. The van der Waals surface area contributed by atoms with E-state index in [-0.39, 0.29) is 25.8 Å². The smallest absolute Gasteiger partial charge is 0.306 e. The number of nitrogens with zero attached hydrogens (tertiary/aromatic N) is 1. The molecule has 0 spiro atoms. The fourth-order valence-corrected chi connectivity index (χ4v) is 7.88. The number of phosphoric ester groups is 1. The van der Waals surface area contributed by atoms with Gasteiger partial charge < -0.3 is 27.9 Å². The van der Waals surface area contributed by atoms with Crippen molar-refractivity contribution >= 4 is 13.8 Å². The van der Waals surface area contributed by atoms with Crippen LogP contribution in [-0.4, -0.2) is 64.1 Å². The summed E-state index contributed by atoms with van der Waals surface area (Å²) in [4.78, 5) is 25.1. The Labute approximate surface area is 366 Å². The Bertz CT molecular complexity index is 998. The van der Waals surface area contributed by atoms with Crippen LogP contribution in [-0.2, 0) is 27.9 Å². The highest BCUT2D eigenvalue weighted by Crippen LogP contribution is 2.38. The van der Waals surface area contributed by atoms with E-state index < -0.39 is 13.9 Å². The summed E-state index contributed by atoms with van der Waals surface area (Å²) in [6.07, 6.45) is 51.5. The highest BCUT2D eigenvalue weighted by Gasteiger charge is 2.20. The number of phosphoric acid groups is 1. The van der Waals surface area contributed by atoms with Crippen molar-refractivity contribution in [2.45, 2.75) is 245 Å². The quantitative estimate of drug-likeness (QED) is 0.0150. The summed E-state index contributed by atoms with van der Waals surface area (Å²) in [6, 6.07) is 0. The van der Waals surface area contributed by atoms with Crippen molar-refractivity contribution in [2.75, 3.05) is 47.5 Å². The lowest BCUT2D eigenvalue weighted by Crippen LogP contribution is -2.37. The van der Waals surface area contributed by atoms with Gasteiger partial charge >= 0.3 is 5.97 Å². The molecule has 0 aromatic carbocycles. The van der Waals surface area contributed by atoms with Crippen molar-refractivity contribution < 1.29 is 37.3 Å². The second-order valence-electron chi connectivity index (χ2n) is 18.2. The Morgan fingerprint density at radius 2 is 0.898 bits per heavy atom. The Morgan fingerprint density at radius 1 is 0.525 bits per heavy atom. The minimum Gasteiger partial charge on any atom is -0.756 e. The number of carbonyl (C=O) groups is 1. The van der Waals surface area contributed by atoms with Crippen molar-refractivity contribution in [2.24, 2.45) is 0 Å². The maximum Gasteiger partial charge on any atom is 0.306 e. The van der Waals surface area contributed by atoms with Crippen LogP contribution in [0.5, 0.6) is 0 Å². The summed E-state index contributed by atoms with van der Waals surface area (Å²) in [5.41, 5.74) is 0. The molecule has 0 bridgehead atoms. The second-order valence-corrected chi connectivity index (χ2v) is 19.7. The lowest BCUT2D eigenvalue weighted by Gasteiger charge is -2.28. The number of hydrogen-bond donors (Lipinski definition) is 0. The number of carbonyl (C=O) groups excluding carboxylic acids is 1. The van der Waals surface area contributed by atoms with Gasteiger partial charge in [0.15, 0.2) is 6.10 Å². The third-order valence-corrected chi connectivity index (χ3v) is 12.0. The van der Waals surface area contributed by atoms with Gasteiger partial charge in [0.05, 0.1) is 34.0 Å². The van der Waals surface area contributed by atoms with E-state index >= 15 is 0 Å². The third kappa shape index (κ3) is 47.7. The molecule has 9 heteroatoms. The van der Waals surface area contributed by atoms with E-state index in [1.807, 2.05) is 27.2 Å². The number of rotatable bonds is 47. The molecule has 0 aliphatic heterocycles. The Hall–Kier alpha value is -1.18. The summed E-state index contributed by atoms with van der Waals surface area (Å²) < 4.78 is 34.5. The molecule has 59 heavy (non-hydrogen) atoms. The first-order valence-corrected chi connectivity index (χ1v) is 26.6. The largest absolute Gasteiger partial charge is 0.756 e. The van der Waals surface area contributed by atoms with Crippen LogP contribution in [0.2, 0.25) is 0 Å². The standard InChI is InChI=1S/C50H98NO7P/c1-6-8-10-12-14-16-18-20-22-24-26-27-29-31-33-35-37-39-41-43-50(52)58-49(48-57-59(53,54)56-46-44-51(3,4)5)47-55-45-42-40-38-36-34-32-30-28-25-23-21-19-17-15-13-11-9-7-2/h24,26,42,45,49H,6-23,25,27-41,43-44,46-48H2,1-5H3/b26-24-,45-42-/t49-/m1/s1. The maximum atomic E-state index is 12.7. The van der Waals surface area contributed by atoms with Crippen LogP contribution in [0, 0.1) is 0 Å². The van der Waals surface area contributed by atoms with Crippen molar-refractivity contribution in [1.29, 1.82) is 0 Å². The van der Waals surface area contributed by atoms with Gasteiger partial charge in [-0.05, 0) is 51.0 Å². The third-order valence-electron chi connectivity index (χ3n) is 11.1. The number of allylic oxidation sites excluding steroid dienone is 3. The summed E-state index contributed by atoms with van der Waals surface area (Å²) in [6.45, 7) is 4.77. The molecular formula is C50H98NO7P. The molecule has 0 aliphatic carbocycles. The Kier molecular flexibility index (Phi) is 42.6. The van der Waals surface area contributed by atoms with Crippen LogP contribution in [0.15, 0.2) is 24.5 Å². The van der Waals surface area contributed by atoms with Gasteiger partial charge in [-0.15, -0.1) is 0 Å². The molecule has 0 saturated carbocycles. The molecule has 0 saturated heterocycles. The molecule has 0 fully saturated rings. The van der Waals surface area contributed by atoms with Gasteiger partial charge in [-0.25, -0.2) is 0 Å². The first-order chi connectivity index (χ1) is 28.6. The minimum atomic E-state index is -4.54. The van der Waals surface area contributed by atoms with Crippen LogP contribution in [0.1, 0.15) is 239 Å². The molecule has 1 unspecified atom stereocenters. The molecule has 0 N–H and O–H groups in total. The zero-order valence-electron chi connectivity index (χ0n) is 39.7. The number of likely N-dealkylation sites (N-methyl/N-ethyl adjacent to an activating group) is 1. The average molecular weight is 856 g/mol. The van der Waals surface area contributed by atoms with E-state index in [9.17, 15) is 14.3 Å². The lowest BCUT2D eigenvalue weighted by atomic mass is 10.0. The van der Waals surface area contributed by atoms with E-state index in [1.165, 1.54) is 186 Å². The van der Waals surface area contributed by atoms with E-state index in [4.69, 9.17) is 18.5 Å². The van der Waals surface area contributed by atoms with Gasteiger partial charge in [0.25, 0.3) is 7.82 Å². The van der Waals surface area contributed by atoms with Crippen LogP contribution < -0.4 is 4.89 Å². The number of unbranched alkanes of at least 4 members (excludes halogenated alkanes) is 31. The molecule has 350 valence electrons. The fraction of sp³-hybridized carbons (Fsp3) is 0.900. The highest BCUT2D eigenvalue weighted by atomic mass is 31.2. The van der Waals surface area contributed by atoms with Crippen molar-refractivity contribution in [3.63, 3.8) is 0 Å². The van der Waals surface area contributed by atoms with Crippen molar-refractivity contribution in [3.05, 3.63) is 24.5 Å². The summed E-state index contributed by atoms with van der Waals surface area (Å²) in [5.74, 6) is -0.357. The summed E-state index contributed by atoms with van der Waals surface area (Å²) in [7, 11) is 1.33. The molecule has 0 heterocycles. The SMILES string of the molecule is CCCCCCCCCC/C=C\CCCCCCCCCC(=O)O[C@H](CO/C=C\CCCCCCCCCCCCCCCCCC)COP(=O)([O-])OCC[N+](C)(C)C. The zero-order chi connectivity index (χ0) is 43.4. The number of esters is 1. The number of ether oxygens (including phenoxy) is 2. The molecule has 0 amide bonds. The Morgan fingerprint density at radius 3 is 1.31 bits per heavy atom. The van der Waals surface area contributed by atoms with E-state index in [0.29, 0.717) is 17.4 Å². The topological polar surface area (TPSA) is 94.1 Å². The van der Waals surface area contributed by atoms with E-state index in [2.05, 4.69) is 26.0 Å². The first-order valence-electron chi connectivity index (χ1n) is 25.1. The maximum absolute atomic E-state index is 12.7. The molecule has 8 nitrogen and oxygen atoms in total. The first kappa shape index (κ1) is 57.8. The minimum absolute atomic E-state index is 0.0176. The van der Waals surface area contributed by atoms with Gasteiger partial charge in [0.2, 0.25) is 0 Å². The van der Waals surface area contributed by atoms with Crippen LogP contribution in [0.25, 0.3) is 0 Å². The predicted octanol–water partition coefficient (Wildman–Crippen LogP) is 14.9. The zero-order valence-corrected chi connectivity index (χ0v) is 40.6. The fourth-order valence-electron chi connectivity index (χ4n) is 7.16. The average Bonchev–Trinajstić information content (AvgIpc) is 3.19. The van der Waals surface area contributed by atoms with E-state index in [0.717, 1.165) is 32.1 Å². The van der Waals surface area contributed by atoms with Crippen LogP contribution >= 0.6 is 7.82 Å². The Balaban J connectivity index is 4.19. The molecule has 0 aliphatic rings. The lowest BCUT2D eigenvalue weighted by molar-refractivity contribution is -0.870. The van der Waals surface area contributed by atoms with Gasteiger partial charge in [0, 0.05) is 6.42 Å². The normalized spacial score (nSPS) is 13.7. The number of hydrogen-bond acceptors (Lipinski definition) is 7. The highest BCUT2D eigenvalue weighted by molar-refractivity contribution is 7.45. The van der Waals surface area contributed by atoms with E-state index in [1.54, 1.807) is 6.26 Å². The van der Waals surface area contributed by atoms with Gasteiger partial charge in [-0.3, -0.25) is 9.36 Å². The molecule has 0 aromatic heterocycles. The van der Waals surface area contributed by atoms with Gasteiger partial charge in [0.1, 0.15) is 19.8 Å². The van der Waals surface area contributed by atoms with Gasteiger partial charge in [-0.1, -0.05) is 199 Å². The molecule has 0 rings (SSSR count). The molecule has 0 aromatic rings. The molecular weight excluding hydrogens is 758 g/mol. The molecule has 0 radical (unpaired) electrons. The van der Waals surface area contributed by atoms with Crippen LogP contribution in [0.4, 0.5) is 0 Å². The molecule has 2 atom stereocenters. The van der Waals surface area contributed by atoms with Crippen molar-refractivity contribution in [3.8, 4) is 0 Å². The number of quaternary nitrogens is 1. The monoisotopic (exact) mass is 856 g/mol. The second kappa shape index (κ2) is 43.5. The summed E-state index contributed by atoms with van der Waals surface area (Å²) >= 11 is 0. The van der Waals surface area contributed by atoms with Gasteiger partial charge in [-0.2, -0.15) is 0 Å².